The first-order valence-electron chi connectivity index (χ1n) is 10.7. The van der Waals surface area contributed by atoms with Crippen molar-refractivity contribution in [1.82, 2.24) is 5.32 Å². The van der Waals surface area contributed by atoms with Crippen LogP contribution in [0.2, 0.25) is 0 Å². The van der Waals surface area contributed by atoms with E-state index in [9.17, 15) is 4.79 Å². The maximum absolute atomic E-state index is 13.8. The molecule has 0 bridgehead atoms. The molecule has 2 heteroatoms. The van der Waals surface area contributed by atoms with E-state index in [4.69, 9.17) is 0 Å². The summed E-state index contributed by atoms with van der Waals surface area (Å²) in [7, 11) is 0. The van der Waals surface area contributed by atoms with Gasteiger partial charge in [-0.2, -0.15) is 0 Å². The van der Waals surface area contributed by atoms with Gasteiger partial charge >= 0.3 is 0 Å². The SMILES string of the molecule is C[C@H](NC(=O)[C@@H](c1ccccc1)C(c1ccccc1)c1ccccc1)c1ccccc1. The lowest BCUT2D eigenvalue weighted by Crippen LogP contribution is -2.35. The van der Waals surface area contributed by atoms with E-state index in [0.717, 1.165) is 22.3 Å². The van der Waals surface area contributed by atoms with E-state index in [1.54, 1.807) is 0 Å². The van der Waals surface area contributed by atoms with Crippen LogP contribution in [0.3, 0.4) is 0 Å². The van der Waals surface area contributed by atoms with Gasteiger partial charge in [0, 0.05) is 5.92 Å². The Balaban J connectivity index is 1.76. The van der Waals surface area contributed by atoms with Gasteiger partial charge in [-0.05, 0) is 29.2 Å². The van der Waals surface area contributed by atoms with Crippen LogP contribution in [-0.4, -0.2) is 5.91 Å². The second-order valence-corrected chi connectivity index (χ2v) is 7.83. The average molecular weight is 406 g/mol. The molecule has 0 saturated heterocycles. The van der Waals surface area contributed by atoms with Crippen LogP contribution in [0.15, 0.2) is 121 Å². The number of nitrogens with one attached hydrogen (secondary N) is 1. The lowest BCUT2D eigenvalue weighted by atomic mass is 9.76. The molecule has 0 saturated carbocycles. The fraction of sp³-hybridized carbons (Fsp3) is 0.138. The molecule has 0 aliphatic rings. The summed E-state index contributed by atoms with van der Waals surface area (Å²) in [5, 5.41) is 3.28. The smallest absolute Gasteiger partial charge is 0.228 e. The molecule has 154 valence electrons. The summed E-state index contributed by atoms with van der Waals surface area (Å²) in [5.74, 6) is -0.412. The minimum absolute atomic E-state index is 0.0280. The van der Waals surface area contributed by atoms with Gasteiger partial charge in [0.25, 0.3) is 0 Å². The molecular weight excluding hydrogens is 378 g/mol. The van der Waals surface area contributed by atoms with Crippen LogP contribution >= 0.6 is 0 Å². The van der Waals surface area contributed by atoms with Crippen LogP contribution in [0.1, 0.15) is 47.1 Å². The predicted molar refractivity (Wildman–Crippen MR) is 127 cm³/mol. The quantitative estimate of drug-likeness (QED) is 0.375. The third-order valence-corrected chi connectivity index (χ3v) is 5.75. The molecule has 4 aromatic rings. The molecule has 1 N–H and O–H groups in total. The van der Waals surface area contributed by atoms with Crippen LogP contribution in [-0.2, 0) is 4.79 Å². The van der Waals surface area contributed by atoms with Crippen molar-refractivity contribution in [3.8, 4) is 0 Å². The Morgan fingerprint density at radius 1 is 0.548 bits per heavy atom. The van der Waals surface area contributed by atoms with Crippen molar-refractivity contribution in [3.63, 3.8) is 0 Å². The van der Waals surface area contributed by atoms with Crippen LogP contribution in [0, 0.1) is 0 Å². The maximum Gasteiger partial charge on any atom is 0.228 e. The summed E-state index contributed by atoms with van der Waals surface area (Å²) < 4.78 is 0. The minimum Gasteiger partial charge on any atom is -0.349 e. The summed E-state index contributed by atoms with van der Waals surface area (Å²) in [6, 6.07) is 40.8. The van der Waals surface area contributed by atoms with Crippen LogP contribution < -0.4 is 5.32 Å². The summed E-state index contributed by atoms with van der Waals surface area (Å²) >= 11 is 0. The van der Waals surface area contributed by atoms with Crippen molar-refractivity contribution >= 4 is 5.91 Å². The molecule has 0 aliphatic carbocycles. The van der Waals surface area contributed by atoms with Crippen molar-refractivity contribution < 1.29 is 4.79 Å². The van der Waals surface area contributed by atoms with E-state index in [0.29, 0.717) is 0 Å². The van der Waals surface area contributed by atoms with E-state index in [1.807, 2.05) is 91.9 Å². The van der Waals surface area contributed by atoms with Crippen LogP contribution in [0.5, 0.6) is 0 Å². The highest BCUT2D eigenvalue weighted by Gasteiger charge is 2.33. The first-order chi connectivity index (χ1) is 15.2. The highest BCUT2D eigenvalue weighted by atomic mass is 16.2. The standard InChI is InChI=1S/C29H27NO/c1-22(23-14-6-2-7-15-23)30-29(31)28(26-20-12-5-13-21-26)27(24-16-8-3-9-17-24)25-18-10-4-11-19-25/h2-22,27-28H,1H3,(H,30,31)/t22-,28-/m0/s1. The van der Waals surface area contributed by atoms with Crippen LogP contribution in [0.25, 0.3) is 0 Å². The Bertz CT molecular complexity index is 1040. The van der Waals surface area contributed by atoms with E-state index in [2.05, 4.69) is 41.7 Å². The van der Waals surface area contributed by atoms with E-state index in [-0.39, 0.29) is 23.8 Å². The van der Waals surface area contributed by atoms with Crippen molar-refractivity contribution in [2.75, 3.05) is 0 Å². The van der Waals surface area contributed by atoms with Gasteiger partial charge in [0.15, 0.2) is 0 Å². The van der Waals surface area contributed by atoms with E-state index < -0.39 is 0 Å². The van der Waals surface area contributed by atoms with Gasteiger partial charge < -0.3 is 5.32 Å². The number of carbonyl (C=O) groups is 1. The number of rotatable bonds is 7. The highest BCUT2D eigenvalue weighted by Crippen LogP contribution is 2.39. The fourth-order valence-corrected chi connectivity index (χ4v) is 4.18. The Morgan fingerprint density at radius 2 is 0.903 bits per heavy atom. The maximum atomic E-state index is 13.8. The molecular formula is C29H27NO. The topological polar surface area (TPSA) is 29.1 Å². The van der Waals surface area contributed by atoms with Crippen molar-refractivity contribution in [2.45, 2.75) is 24.8 Å². The first-order valence-corrected chi connectivity index (χ1v) is 10.7. The average Bonchev–Trinajstić information content (AvgIpc) is 2.84. The highest BCUT2D eigenvalue weighted by molar-refractivity contribution is 5.86. The molecule has 4 aromatic carbocycles. The molecule has 0 heterocycles. The summed E-state index contributed by atoms with van der Waals surface area (Å²) in [4.78, 5) is 13.8. The van der Waals surface area contributed by atoms with Crippen molar-refractivity contribution in [2.24, 2.45) is 0 Å². The molecule has 0 radical (unpaired) electrons. The molecule has 31 heavy (non-hydrogen) atoms. The first kappa shape index (κ1) is 20.6. The van der Waals surface area contributed by atoms with Gasteiger partial charge in [-0.1, -0.05) is 121 Å². The number of carbonyl (C=O) groups excluding carboxylic acids is 1. The molecule has 0 aliphatic heterocycles. The molecule has 4 rings (SSSR count). The summed E-state index contributed by atoms with van der Waals surface area (Å²) in [5.41, 5.74) is 4.37. The van der Waals surface area contributed by atoms with E-state index in [1.165, 1.54) is 0 Å². The van der Waals surface area contributed by atoms with Gasteiger partial charge in [-0.15, -0.1) is 0 Å². The molecule has 2 atom stereocenters. The fourth-order valence-electron chi connectivity index (χ4n) is 4.18. The Kier molecular flexibility index (Phi) is 6.59. The minimum atomic E-state index is -0.350. The Morgan fingerprint density at radius 3 is 1.32 bits per heavy atom. The zero-order chi connectivity index (χ0) is 21.5. The predicted octanol–water partition coefficient (Wildman–Crippen LogP) is 6.48. The van der Waals surface area contributed by atoms with Crippen molar-refractivity contribution in [1.29, 1.82) is 0 Å². The molecule has 0 spiro atoms. The molecule has 0 aromatic heterocycles. The third kappa shape index (κ3) is 4.92. The van der Waals surface area contributed by atoms with Crippen LogP contribution in [0.4, 0.5) is 0 Å². The second-order valence-electron chi connectivity index (χ2n) is 7.83. The summed E-state index contributed by atoms with van der Waals surface area (Å²) in [6.45, 7) is 2.04. The lowest BCUT2D eigenvalue weighted by molar-refractivity contribution is -0.123. The van der Waals surface area contributed by atoms with Gasteiger partial charge in [0.2, 0.25) is 5.91 Å². The van der Waals surface area contributed by atoms with Gasteiger partial charge in [0.1, 0.15) is 0 Å². The second kappa shape index (κ2) is 9.90. The number of hydrogen-bond acceptors (Lipinski definition) is 1. The molecule has 1 amide bonds. The van der Waals surface area contributed by atoms with Gasteiger partial charge in [0.05, 0.1) is 12.0 Å². The number of hydrogen-bond donors (Lipinski definition) is 1. The lowest BCUT2D eigenvalue weighted by Gasteiger charge is -2.29. The monoisotopic (exact) mass is 405 g/mol. The Hall–Kier alpha value is -3.65. The largest absolute Gasteiger partial charge is 0.349 e. The zero-order valence-corrected chi connectivity index (χ0v) is 17.7. The van der Waals surface area contributed by atoms with Gasteiger partial charge in [-0.25, -0.2) is 0 Å². The molecule has 0 fully saturated rings. The van der Waals surface area contributed by atoms with Gasteiger partial charge in [-0.3, -0.25) is 4.79 Å². The molecule has 0 unspecified atom stereocenters. The van der Waals surface area contributed by atoms with Crippen molar-refractivity contribution in [3.05, 3.63) is 144 Å². The third-order valence-electron chi connectivity index (χ3n) is 5.75. The normalized spacial score (nSPS) is 12.8. The zero-order valence-electron chi connectivity index (χ0n) is 17.7. The van der Waals surface area contributed by atoms with E-state index >= 15 is 0 Å². The number of benzene rings is 4. The Labute approximate surface area is 184 Å². The number of amides is 1. The molecule has 2 nitrogen and oxygen atoms in total. The summed E-state index contributed by atoms with van der Waals surface area (Å²) in [6.07, 6.45) is 0.